The van der Waals surface area contributed by atoms with Gasteiger partial charge >= 0.3 is 0 Å². The maximum Gasteiger partial charge on any atom is 0.225 e. The van der Waals surface area contributed by atoms with Crippen LogP contribution in [0.15, 0.2) is 17.5 Å². The Balaban J connectivity index is 1.34. The number of anilines is 3. The second kappa shape index (κ2) is 7.61. The molecule has 3 aromatic rings. The molecule has 0 spiro atoms. The first-order valence-corrected chi connectivity index (χ1v) is 11.0. The van der Waals surface area contributed by atoms with Crippen molar-refractivity contribution in [3.63, 3.8) is 0 Å². The van der Waals surface area contributed by atoms with E-state index in [0.717, 1.165) is 46.9 Å². The molecule has 3 aromatic heterocycles. The molecule has 2 aliphatic rings. The molecule has 29 heavy (non-hydrogen) atoms. The summed E-state index contributed by atoms with van der Waals surface area (Å²) in [7, 11) is 0. The normalized spacial score (nSPS) is 23.9. The van der Waals surface area contributed by atoms with Crippen LogP contribution in [0.4, 0.5) is 17.6 Å². The molecule has 3 N–H and O–H groups in total. The van der Waals surface area contributed by atoms with Gasteiger partial charge in [-0.2, -0.15) is 15.3 Å². The quantitative estimate of drug-likeness (QED) is 0.570. The number of piperidine rings is 1. The molecular formula is C20H24N8S. The Morgan fingerprint density at radius 1 is 1.31 bits per heavy atom. The highest BCUT2D eigenvalue weighted by Gasteiger charge is 2.40. The summed E-state index contributed by atoms with van der Waals surface area (Å²) >= 11 is 1.63. The van der Waals surface area contributed by atoms with Crippen LogP contribution in [-0.2, 0) is 0 Å². The van der Waals surface area contributed by atoms with Gasteiger partial charge in [-0.1, -0.05) is 0 Å². The number of rotatable bonds is 6. The molecule has 0 radical (unpaired) electrons. The third-order valence-corrected chi connectivity index (χ3v) is 6.87. The largest absolute Gasteiger partial charge is 0.351 e. The van der Waals surface area contributed by atoms with E-state index in [0.29, 0.717) is 30.5 Å². The molecule has 1 unspecified atom stereocenters. The summed E-state index contributed by atoms with van der Waals surface area (Å²) in [5.74, 6) is 2.21. The lowest BCUT2D eigenvalue weighted by Gasteiger charge is -2.38. The van der Waals surface area contributed by atoms with E-state index < -0.39 is 0 Å². The third-order valence-electron chi connectivity index (χ3n) is 5.96. The number of H-pyrrole nitrogens is 1. The van der Waals surface area contributed by atoms with Crippen LogP contribution in [0.2, 0.25) is 0 Å². The number of nitrogens with one attached hydrogen (secondary N) is 3. The summed E-state index contributed by atoms with van der Waals surface area (Å²) in [5, 5.41) is 25.1. The zero-order chi connectivity index (χ0) is 19.8. The van der Waals surface area contributed by atoms with Gasteiger partial charge in [-0.05, 0) is 44.1 Å². The molecule has 5 rings (SSSR count). The minimum absolute atomic E-state index is 0.363. The molecule has 2 saturated heterocycles. The van der Waals surface area contributed by atoms with Crippen LogP contribution in [0.5, 0.6) is 0 Å². The van der Waals surface area contributed by atoms with Crippen molar-refractivity contribution in [2.75, 3.05) is 17.2 Å². The van der Waals surface area contributed by atoms with Crippen molar-refractivity contribution < 1.29 is 0 Å². The molecule has 2 bridgehead atoms. The number of aromatic nitrogens is 4. The van der Waals surface area contributed by atoms with Crippen molar-refractivity contribution in [3.8, 4) is 6.07 Å². The van der Waals surface area contributed by atoms with E-state index in [1.54, 1.807) is 11.3 Å². The zero-order valence-electron chi connectivity index (χ0n) is 16.4. The van der Waals surface area contributed by atoms with E-state index in [4.69, 9.17) is 15.2 Å². The van der Waals surface area contributed by atoms with E-state index in [2.05, 4.69) is 31.8 Å². The Morgan fingerprint density at radius 2 is 2.14 bits per heavy atom. The Bertz CT molecular complexity index is 1040. The number of hydrogen-bond donors (Lipinski definition) is 3. The van der Waals surface area contributed by atoms with Gasteiger partial charge in [-0.3, -0.25) is 10.00 Å². The summed E-state index contributed by atoms with van der Waals surface area (Å²) in [6.45, 7) is 2.87. The first-order chi connectivity index (χ1) is 14.2. The standard InChI is InChI=1S/C20H24N8S/c1-12-9-17(27-26-12)24-19-18-16(5-8-29-18)23-20(25-19)22-13-10-14-3-4-15(11-13)28(14)7-2-6-21/h5,8-9,13-15H,2-4,7,10-11H2,1H3,(H3,22,23,24,25,26,27)/t13?,14-,15+. The molecular weight excluding hydrogens is 384 g/mol. The molecule has 0 aromatic carbocycles. The van der Waals surface area contributed by atoms with E-state index >= 15 is 0 Å². The molecule has 2 aliphatic heterocycles. The number of thiophene rings is 1. The Hall–Kier alpha value is -2.70. The average Bonchev–Trinajstić information content (AvgIpc) is 3.39. The van der Waals surface area contributed by atoms with Crippen molar-refractivity contribution in [2.45, 2.75) is 57.2 Å². The summed E-state index contributed by atoms with van der Waals surface area (Å²) in [5.41, 5.74) is 1.94. The van der Waals surface area contributed by atoms with Gasteiger partial charge in [0.05, 0.1) is 16.3 Å². The summed E-state index contributed by atoms with van der Waals surface area (Å²) in [6, 6.07) is 7.77. The number of aromatic amines is 1. The molecule has 3 atom stereocenters. The van der Waals surface area contributed by atoms with E-state index in [1.807, 2.05) is 24.4 Å². The summed E-state index contributed by atoms with van der Waals surface area (Å²) in [4.78, 5) is 12.1. The van der Waals surface area contributed by atoms with E-state index in [1.165, 1.54) is 12.8 Å². The predicted octanol–water partition coefficient (Wildman–Crippen LogP) is 3.79. The monoisotopic (exact) mass is 408 g/mol. The van der Waals surface area contributed by atoms with Gasteiger partial charge < -0.3 is 10.6 Å². The second-order valence-corrected chi connectivity index (χ2v) is 8.85. The van der Waals surface area contributed by atoms with Crippen molar-refractivity contribution in [2.24, 2.45) is 0 Å². The van der Waals surface area contributed by atoms with Crippen LogP contribution in [0.3, 0.4) is 0 Å². The van der Waals surface area contributed by atoms with Crippen LogP contribution in [0.25, 0.3) is 10.2 Å². The lowest BCUT2D eigenvalue weighted by atomic mass is 9.97. The fourth-order valence-corrected chi connectivity index (χ4v) is 5.51. The van der Waals surface area contributed by atoms with Crippen LogP contribution in [-0.4, -0.2) is 49.7 Å². The highest BCUT2D eigenvalue weighted by atomic mass is 32.1. The fourth-order valence-electron chi connectivity index (χ4n) is 4.73. The van der Waals surface area contributed by atoms with Crippen molar-refractivity contribution in [3.05, 3.63) is 23.2 Å². The first kappa shape index (κ1) is 18.3. The van der Waals surface area contributed by atoms with Gasteiger partial charge in [0.15, 0.2) is 11.6 Å². The van der Waals surface area contributed by atoms with Crippen molar-refractivity contribution in [1.82, 2.24) is 25.1 Å². The average molecular weight is 409 g/mol. The van der Waals surface area contributed by atoms with Crippen LogP contribution >= 0.6 is 11.3 Å². The molecule has 8 nitrogen and oxygen atoms in total. The molecule has 0 saturated carbocycles. The number of aryl methyl sites for hydroxylation is 1. The van der Waals surface area contributed by atoms with Crippen molar-refractivity contribution in [1.29, 1.82) is 5.26 Å². The number of hydrogen-bond acceptors (Lipinski definition) is 8. The summed E-state index contributed by atoms with van der Waals surface area (Å²) < 4.78 is 1.03. The van der Waals surface area contributed by atoms with E-state index in [-0.39, 0.29) is 0 Å². The predicted molar refractivity (Wildman–Crippen MR) is 114 cm³/mol. The lowest BCUT2D eigenvalue weighted by molar-refractivity contribution is 0.135. The number of nitrogens with zero attached hydrogens (tertiary/aromatic N) is 5. The minimum Gasteiger partial charge on any atom is -0.351 e. The van der Waals surface area contributed by atoms with Crippen LogP contribution in [0, 0.1) is 18.3 Å². The highest BCUT2D eigenvalue weighted by Crippen LogP contribution is 2.37. The second-order valence-electron chi connectivity index (χ2n) is 7.94. The van der Waals surface area contributed by atoms with Crippen molar-refractivity contribution >= 4 is 39.1 Å². The Labute approximate surface area is 173 Å². The number of nitriles is 1. The van der Waals surface area contributed by atoms with Gasteiger partial charge in [0, 0.05) is 42.9 Å². The van der Waals surface area contributed by atoms with E-state index in [9.17, 15) is 0 Å². The fraction of sp³-hybridized carbons (Fsp3) is 0.500. The molecule has 9 heteroatoms. The SMILES string of the molecule is Cc1cc(Nc2nc(NC3C[C@H]4CC[C@@H](C3)N4CCC#N)nc3ccsc23)n[nH]1. The number of fused-ring (bicyclic) bond motifs is 3. The molecule has 5 heterocycles. The molecule has 0 amide bonds. The smallest absolute Gasteiger partial charge is 0.225 e. The Morgan fingerprint density at radius 3 is 2.86 bits per heavy atom. The minimum atomic E-state index is 0.363. The molecule has 0 aliphatic carbocycles. The van der Waals surface area contributed by atoms with Gasteiger partial charge in [-0.25, -0.2) is 4.98 Å². The molecule has 2 fully saturated rings. The molecule has 150 valence electrons. The Kier molecular flexibility index (Phi) is 4.81. The third kappa shape index (κ3) is 3.66. The maximum atomic E-state index is 8.92. The van der Waals surface area contributed by atoms with Crippen LogP contribution in [0.1, 0.15) is 37.8 Å². The maximum absolute atomic E-state index is 8.92. The first-order valence-electron chi connectivity index (χ1n) is 10.1. The summed E-state index contributed by atoms with van der Waals surface area (Å²) in [6.07, 6.45) is 5.22. The highest BCUT2D eigenvalue weighted by molar-refractivity contribution is 7.17. The van der Waals surface area contributed by atoms with Gasteiger partial charge in [0.2, 0.25) is 5.95 Å². The zero-order valence-corrected chi connectivity index (χ0v) is 17.2. The van der Waals surface area contributed by atoms with Crippen LogP contribution < -0.4 is 10.6 Å². The van der Waals surface area contributed by atoms with Gasteiger partial charge in [0.25, 0.3) is 0 Å². The topological polar surface area (TPSA) is 106 Å². The lowest BCUT2D eigenvalue weighted by Crippen LogP contribution is -2.47. The van der Waals surface area contributed by atoms with Gasteiger partial charge in [0.1, 0.15) is 0 Å². The van der Waals surface area contributed by atoms with Gasteiger partial charge in [-0.15, -0.1) is 11.3 Å².